The van der Waals surface area contributed by atoms with E-state index < -0.39 is 6.04 Å². The molecular formula is C26H30N2O4. The molecule has 168 valence electrons. The summed E-state index contributed by atoms with van der Waals surface area (Å²) >= 11 is 0. The number of carbonyl (C=O) groups excluding carboxylic acids is 2. The summed E-state index contributed by atoms with van der Waals surface area (Å²) in [6, 6.07) is 16.5. The van der Waals surface area contributed by atoms with E-state index in [4.69, 9.17) is 9.47 Å². The van der Waals surface area contributed by atoms with E-state index in [9.17, 15) is 9.59 Å². The number of hydrogen-bond acceptors (Lipinski definition) is 4. The van der Waals surface area contributed by atoms with Crippen molar-refractivity contribution in [2.75, 3.05) is 0 Å². The van der Waals surface area contributed by atoms with Crippen LogP contribution >= 0.6 is 0 Å². The topological polar surface area (TPSA) is 76.7 Å². The summed E-state index contributed by atoms with van der Waals surface area (Å²) in [7, 11) is 0. The van der Waals surface area contributed by atoms with E-state index in [0.29, 0.717) is 23.8 Å². The summed E-state index contributed by atoms with van der Waals surface area (Å²) in [5, 5.41) is 5.58. The monoisotopic (exact) mass is 434 g/mol. The van der Waals surface area contributed by atoms with Crippen molar-refractivity contribution in [1.29, 1.82) is 0 Å². The Morgan fingerprint density at radius 3 is 2.53 bits per heavy atom. The molecule has 0 aromatic heterocycles. The summed E-state index contributed by atoms with van der Waals surface area (Å²) in [5.74, 6) is 0.905. The van der Waals surface area contributed by atoms with Gasteiger partial charge in [0.2, 0.25) is 0 Å². The van der Waals surface area contributed by atoms with Crippen LogP contribution in [0, 0.1) is 5.92 Å². The molecule has 32 heavy (non-hydrogen) atoms. The second-order valence-corrected chi connectivity index (χ2v) is 8.71. The molecule has 0 saturated heterocycles. The van der Waals surface area contributed by atoms with Crippen LogP contribution in [0.2, 0.25) is 0 Å². The highest BCUT2D eigenvalue weighted by Gasteiger charge is 2.34. The van der Waals surface area contributed by atoms with Gasteiger partial charge in [0, 0.05) is 5.70 Å². The third-order valence-corrected chi connectivity index (χ3v) is 6.11. The fourth-order valence-electron chi connectivity index (χ4n) is 4.41. The van der Waals surface area contributed by atoms with Crippen molar-refractivity contribution in [2.24, 2.45) is 5.92 Å². The zero-order valence-corrected chi connectivity index (χ0v) is 18.6. The molecular weight excluding hydrogens is 404 g/mol. The predicted molar refractivity (Wildman–Crippen MR) is 122 cm³/mol. The largest absolute Gasteiger partial charge is 0.489 e. The molecule has 1 aliphatic heterocycles. The third-order valence-electron chi connectivity index (χ3n) is 6.11. The molecule has 2 aromatic rings. The zero-order valence-electron chi connectivity index (χ0n) is 18.6. The molecule has 0 unspecified atom stereocenters. The average Bonchev–Trinajstić information content (AvgIpc) is 2.78. The normalized spacial score (nSPS) is 23.2. The molecule has 6 nitrogen and oxygen atoms in total. The van der Waals surface area contributed by atoms with Crippen molar-refractivity contribution >= 4 is 12.0 Å². The van der Waals surface area contributed by atoms with Gasteiger partial charge in [-0.25, -0.2) is 9.59 Å². The lowest BCUT2D eigenvalue weighted by atomic mass is 9.88. The molecule has 3 atom stereocenters. The first-order valence-electron chi connectivity index (χ1n) is 11.3. The van der Waals surface area contributed by atoms with Crippen LogP contribution in [0.5, 0.6) is 5.75 Å². The van der Waals surface area contributed by atoms with Gasteiger partial charge in [-0.15, -0.1) is 0 Å². The molecule has 1 heterocycles. The SMILES string of the molecule is CC1=C(C(=O)O[C@@H]2CCC[C@@H](C)C2)[C@H](c2ccc(OCc3ccccc3)cc2)NC(=O)N1. The lowest BCUT2D eigenvalue weighted by molar-refractivity contribution is -0.146. The number of hydrogen-bond donors (Lipinski definition) is 2. The standard InChI is InChI=1S/C26H30N2O4/c1-17-7-6-10-22(15-17)32-25(29)23-18(2)27-26(30)28-24(23)20-11-13-21(14-12-20)31-16-19-8-4-3-5-9-19/h3-5,8-9,11-14,17,22,24H,6-7,10,15-16H2,1-2H3,(H2,27,28,30)/t17-,22-,24+/m1/s1. The van der Waals surface area contributed by atoms with Crippen molar-refractivity contribution in [1.82, 2.24) is 10.6 Å². The molecule has 2 aromatic carbocycles. The lowest BCUT2D eigenvalue weighted by Gasteiger charge is -2.31. The maximum absolute atomic E-state index is 13.1. The van der Waals surface area contributed by atoms with Crippen LogP contribution in [0.3, 0.4) is 0 Å². The van der Waals surface area contributed by atoms with Crippen LogP contribution in [-0.4, -0.2) is 18.1 Å². The Bertz CT molecular complexity index is 985. The van der Waals surface area contributed by atoms with E-state index in [1.807, 2.05) is 54.6 Å². The number of esters is 1. The minimum atomic E-state index is -0.569. The summed E-state index contributed by atoms with van der Waals surface area (Å²) < 4.78 is 11.7. The van der Waals surface area contributed by atoms with E-state index >= 15 is 0 Å². The molecule has 2 aliphatic rings. The molecule has 4 rings (SSSR count). The highest BCUT2D eigenvalue weighted by Crippen LogP contribution is 2.31. The number of urea groups is 1. The fraction of sp³-hybridized carbons (Fsp3) is 0.385. The van der Waals surface area contributed by atoms with Gasteiger partial charge in [0.1, 0.15) is 18.5 Å². The number of rotatable bonds is 6. The van der Waals surface area contributed by atoms with Crippen LogP contribution < -0.4 is 15.4 Å². The number of nitrogens with one attached hydrogen (secondary N) is 2. The van der Waals surface area contributed by atoms with Crippen molar-refractivity contribution in [2.45, 2.75) is 58.3 Å². The van der Waals surface area contributed by atoms with Gasteiger partial charge >= 0.3 is 12.0 Å². The number of carbonyl (C=O) groups is 2. The Kier molecular flexibility index (Phi) is 6.78. The maximum atomic E-state index is 13.1. The first kappa shape index (κ1) is 21.9. The fourth-order valence-corrected chi connectivity index (χ4v) is 4.41. The van der Waals surface area contributed by atoms with Crippen molar-refractivity contribution in [3.8, 4) is 5.75 Å². The highest BCUT2D eigenvalue weighted by molar-refractivity contribution is 5.95. The lowest BCUT2D eigenvalue weighted by Crippen LogP contribution is -2.45. The van der Waals surface area contributed by atoms with Gasteiger partial charge in [0.15, 0.2) is 0 Å². The number of benzene rings is 2. The molecule has 0 radical (unpaired) electrons. The van der Waals surface area contributed by atoms with E-state index in [-0.39, 0.29) is 18.1 Å². The van der Waals surface area contributed by atoms with Crippen LogP contribution in [0.15, 0.2) is 65.9 Å². The predicted octanol–water partition coefficient (Wildman–Crippen LogP) is 5.02. The summed E-state index contributed by atoms with van der Waals surface area (Å²) in [6.45, 7) is 4.40. The second kappa shape index (κ2) is 9.90. The zero-order chi connectivity index (χ0) is 22.5. The minimum absolute atomic E-state index is 0.0707. The Morgan fingerprint density at radius 1 is 1.06 bits per heavy atom. The summed E-state index contributed by atoms with van der Waals surface area (Å²) in [5.41, 5.74) is 2.86. The van der Waals surface area contributed by atoms with E-state index in [2.05, 4.69) is 17.6 Å². The minimum Gasteiger partial charge on any atom is -0.489 e. The highest BCUT2D eigenvalue weighted by atomic mass is 16.5. The smallest absolute Gasteiger partial charge is 0.338 e. The van der Waals surface area contributed by atoms with E-state index in [0.717, 1.165) is 36.1 Å². The Balaban J connectivity index is 1.48. The maximum Gasteiger partial charge on any atom is 0.338 e. The molecule has 0 bridgehead atoms. The number of ether oxygens (including phenoxy) is 2. The molecule has 1 saturated carbocycles. The van der Waals surface area contributed by atoms with Crippen molar-refractivity contribution in [3.05, 3.63) is 77.0 Å². The van der Waals surface area contributed by atoms with E-state index in [1.165, 1.54) is 6.42 Å². The van der Waals surface area contributed by atoms with Crippen molar-refractivity contribution < 1.29 is 19.1 Å². The third kappa shape index (κ3) is 5.31. The second-order valence-electron chi connectivity index (χ2n) is 8.71. The first-order chi connectivity index (χ1) is 15.5. The molecule has 0 spiro atoms. The van der Waals surface area contributed by atoms with E-state index in [1.54, 1.807) is 6.92 Å². The number of amides is 2. The van der Waals surface area contributed by atoms with Crippen LogP contribution in [0.1, 0.15) is 56.7 Å². The quantitative estimate of drug-likeness (QED) is 0.626. The molecule has 2 N–H and O–H groups in total. The summed E-state index contributed by atoms with van der Waals surface area (Å²) in [4.78, 5) is 25.3. The van der Waals surface area contributed by atoms with Crippen LogP contribution in [0.25, 0.3) is 0 Å². The van der Waals surface area contributed by atoms with Gasteiger partial charge < -0.3 is 20.1 Å². The number of allylic oxidation sites excluding steroid dienone is 1. The van der Waals surface area contributed by atoms with Crippen LogP contribution in [-0.2, 0) is 16.1 Å². The van der Waals surface area contributed by atoms with Gasteiger partial charge in [0.05, 0.1) is 11.6 Å². The molecule has 2 amide bonds. The molecule has 6 heteroatoms. The van der Waals surface area contributed by atoms with Gasteiger partial charge in [-0.2, -0.15) is 0 Å². The van der Waals surface area contributed by atoms with Gasteiger partial charge in [0.25, 0.3) is 0 Å². The van der Waals surface area contributed by atoms with Gasteiger partial charge in [-0.1, -0.05) is 55.8 Å². The Labute approximate surface area is 189 Å². The first-order valence-corrected chi connectivity index (χ1v) is 11.3. The Morgan fingerprint density at radius 2 is 1.81 bits per heavy atom. The van der Waals surface area contributed by atoms with Gasteiger partial charge in [-0.3, -0.25) is 0 Å². The van der Waals surface area contributed by atoms with Crippen LogP contribution in [0.4, 0.5) is 4.79 Å². The van der Waals surface area contributed by atoms with Gasteiger partial charge in [-0.05, 0) is 55.4 Å². The molecule has 1 fully saturated rings. The summed E-state index contributed by atoms with van der Waals surface area (Å²) in [6.07, 6.45) is 3.95. The average molecular weight is 435 g/mol. The Hall–Kier alpha value is -3.28. The van der Waals surface area contributed by atoms with Crippen molar-refractivity contribution in [3.63, 3.8) is 0 Å². The molecule has 1 aliphatic carbocycles.